The molecule has 0 spiro atoms. The van der Waals surface area contributed by atoms with Crippen LogP contribution in [0.1, 0.15) is 17.5 Å². The highest BCUT2D eigenvalue weighted by Gasteiger charge is 2.26. The first-order valence-electron chi connectivity index (χ1n) is 10.0. The second-order valence-electron chi connectivity index (χ2n) is 7.51. The van der Waals surface area contributed by atoms with Crippen molar-refractivity contribution >= 4 is 5.91 Å². The number of piperidine rings is 1. The van der Waals surface area contributed by atoms with Crippen LogP contribution in [0.4, 0.5) is 0 Å². The molecule has 1 aliphatic rings. The Labute approximate surface area is 170 Å². The Morgan fingerprint density at radius 3 is 2.55 bits per heavy atom. The van der Waals surface area contributed by atoms with Gasteiger partial charge in [-0.3, -0.25) is 9.48 Å². The Morgan fingerprint density at radius 1 is 1.10 bits per heavy atom. The minimum atomic E-state index is -0.465. The average Bonchev–Trinajstić information content (AvgIpc) is 3.16. The van der Waals surface area contributed by atoms with Crippen molar-refractivity contribution in [2.45, 2.75) is 25.6 Å². The van der Waals surface area contributed by atoms with Gasteiger partial charge in [-0.05, 0) is 12.0 Å². The van der Waals surface area contributed by atoms with Gasteiger partial charge in [0.1, 0.15) is 0 Å². The molecule has 150 valence electrons. The van der Waals surface area contributed by atoms with Crippen molar-refractivity contribution < 1.29 is 9.90 Å². The smallest absolute Gasteiger partial charge is 0.224 e. The molecule has 2 aromatic carbocycles. The van der Waals surface area contributed by atoms with Crippen molar-refractivity contribution in [3.05, 3.63) is 78.0 Å². The normalized spacial score (nSPS) is 19.1. The maximum atomic E-state index is 12.6. The fourth-order valence-corrected chi connectivity index (χ4v) is 3.73. The molecule has 29 heavy (non-hydrogen) atoms. The predicted molar refractivity (Wildman–Crippen MR) is 112 cm³/mol. The lowest BCUT2D eigenvalue weighted by Gasteiger charge is -2.25. The summed E-state index contributed by atoms with van der Waals surface area (Å²) in [6.45, 7) is 2.23. The number of benzene rings is 2. The van der Waals surface area contributed by atoms with Gasteiger partial charge in [0.05, 0.1) is 24.3 Å². The largest absolute Gasteiger partial charge is 0.392 e. The number of β-amino-alcohol motifs (C(OH)–C–C–N with tert-alkyl or cyclic N) is 1. The van der Waals surface area contributed by atoms with Crippen molar-refractivity contribution in [2.75, 3.05) is 13.1 Å². The number of carbonyl (C=O) groups excluding carboxylic acids is 1. The summed E-state index contributed by atoms with van der Waals surface area (Å²) in [5.41, 5.74) is 4.05. The number of aliphatic hydroxyl groups is 1. The number of aliphatic hydroxyl groups excluding tert-OH is 1. The first-order valence-corrected chi connectivity index (χ1v) is 10.0. The summed E-state index contributed by atoms with van der Waals surface area (Å²) in [4.78, 5) is 12.6. The number of hydrogen-bond donors (Lipinski definition) is 3. The molecule has 6 nitrogen and oxygen atoms in total. The lowest BCUT2D eigenvalue weighted by atomic mass is 9.96. The van der Waals surface area contributed by atoms with E-state index in [1.807, 2.05) is 59.4 Å². The van der Waals surface area contributed by atoms with Gasteiger partial charge in [-0.15, -0.1) is 0 Å². The van der Waals surface area contributed by atoms with Crippen LogP contribution in [-0.2, 0) is 17.9 Å². The summed E-state index contributed by atoms with van der Waals surface area (Å²) in [6, 6.07) is 20.2. The van der Waals surface area contributed by atoms with Gasteiger partial charge in [0.2, 0.25) is 5.91 Å². The lowest BCUT2D eigenvalue weighted by molar-refractivity contribution is -0.126. The van der Waals surface area contributed by atoms with E-state index >= 15 is 0 Å². The Morgan fingerprint density at radius 2 is 1.83 bits per heavy atom. The molecule has 6 heteroatoms. The molecule has 0 saturated carbocycles. The van der Waals surface area contributed by atoms with E-state index < -0.39 is 6.10 Å². The van der Waals surface area contributed by atoms with Gasteiger partial charge in [0.15, 0.2) is 0 Å². The van der Waals surface area contributed by atoms with Crippen molar-refractivity contribution in [3.63, 3.8) is 0 Å². The number of nitrogens with zero attached hydrogens (tertiary/aromatic N) is 2. The molecule has 0 aliphatic carbocycles. The Kier molecular flexibility index (Phi) is 6.03. The minimum Gasteiger partial charge on any atom is -0.392 e. The average molecular weight is 390 g/mol. The van der Waals surface area contributed by atoms with Gasteiger partial charge < -0.3 is 15.7 Å². The van der Waals surface area contributed by atoms with Crippen LogP contribution in [0.3, 0.4) is 0 Å². The number of rotatable bonds is 6. The lowest BCUT2D eigenvalue weighted by Crippen LogP contribution is -2.45. The molecule has 2 unspecified atom stereocenters. The predicted octanol–water partition coefficient (Wildman–Crippen LogP) is 2.18. The van der Waals surface area contributed by atoms with Gasteiger partial charge in [0.25, 0.3) is 0 Å². The van der Waals surface area contributed by atoms with Crippen LogP contribution in [0.25, 0.3) is 11.3 Å². The van der Waals surface area contributed by atoms with Crippen LogP contribution in [0.5, 0.6) is 0 Å². The van der Waals surface area contributed by atoms with Crippen LogP contribution in [0.2, 0.25) is 0 Å². The van der Waals surface area contributed by atoms with Crippen LogP contribution in [0.15, 0.2) is 66.9 Å². The van der Waals surface area contributed by atoms with E-state index in [2.05, 4.69) is 22.8 Å². The first kappa shape index (κ1) is 19.4. The first-order chi connectivity index (χ1) is 14.2. The fraction of sp³-hybridized carbons (Fsp3) is 0.304. The van der Waals surface area contributed by atoms with E-state index in [-0.39, 0.29) is 11.8 Å². The molecule has 1 fully saturated rings. The Balaban J connectivity index is 1.52. The maximum Gasteiger partial charge on any atom is 0.224 e. The summed E-state index contributed by atoms with van der Waals surface area (Å²) in [6.07, 6.45) is 2.04. The van der Waals surface area contributed by atoms with E-state index in [1.165, 1.54) is 5.56 Å². The fourth-order valence-electron chi connectivity index (χ4n) is 3.73. The summed E-state index contributed by atoms with van der Waals surface area (Å²) in [7, 11) is 0. The molecule has 4 rings (SSSR count). The maximum absolute atomic E-state index is 12.6. The highest BCUT2D eigenvalue weighted by molar-refractivity contribution is 5.79. The Hall–Kier alpha value is -2.96. The van der Waals surface area contributed by atoms with E-state index in [1.54, 1.807) is 0 Å². The van der Waals surface area contributed by atoms with Crippen LogP contribution >= 0.6 is 0 Å². The number of hydrogen-bond acceptors (Lipinski definition) is 4. The van der Waals surface area contributed by atoms with Gasteiger partial charge in [-0.1, -0.05) is 60.7 Å². The molecule has 1 amide bonds. The van der Waals surface area contributed by atoms with E-state index in [0.29, 0.717) is 32.6 Å². The molecule has 0 bridgehead atoms. The highest BCUT2D eigenvalue weighted by Crippen LogP contribution is 2.22. The van der Waals surface area contributed by atoms with Crippen LogP contribution < -0.4 is 10.6 Å². The van der Waals surface area contributed by atoms with Gasteiger partial charge in [0, 0.05) is 37.0 Å². The number of nitrogens with one attached hydrogen (secondary N) is 2. The third-order valence-corrected chi connectivity index (χ3v) is 5.22. The molecular formula is C23H26N4O2. The molecule has 0 radical (unpaired) electrons. The number of aromatic nitrogens is 2. The second-order valence-corrected chi connectivity index (χ2v) is 7.51. The van der Waals surface area contributed by atoms with E-state index in [9.17, 15) is 9.90 Å². The summed E-state index contributed by atoms with van der Waals surface area (Å²) in [5, 5.41) is 20.7. The monoisotopic (exact) mass is 390 g/mol. The second kappa shape index (κ2) is 9.03. The third-order valence-electron chi connectivity index (χ3n) is 5.22. The van der Waals surface area contributed by atoms with Crippen molar-refractivity contribution in [3.8, 4) is 11.3 Å². The molecule has 3 N–H and O–H groups in total. The number of amides is 1. The van der Waals surface area contributed by atoms with Crippen molar-refractivity contribution in [1.82, 2.24) is 20.4 Å². The number of carbonyl (C=O) groups is 1. The molecule has 2 heterocycles. The molecule has 2 atom stereocenters. The summed E-state index contributed by atoms with van der Waals surface area (Å²) >= 11 is 0. The van der Waals surface area contributed by atoms with Crippen molar-refractivity contribution in [2.24, 2.45) is 5.92 Å². The topological polar surface area (TPSA) is 79.2 Å². The summed E-state index contributed by atoms with van der Waals surface area (Å²) < 4.78 is 1.92. The highest BCUT2D eigenvalue weighted by atomic mass is 16.3. The molecule has 1 aromatic heterocycles. The van der Waals surface area contributed by atoms with Crippen LogP contribution in [-0.4, -0.2) is 40.0 Å². The quantitative estimate of drug-likeness (QED) is 0.603. The third kappa shape index (κ3) is 4.91. The van der Waals surface area contributed by atoms with Gasteiger partial charge in [-0.25, -0.2) is 0 Å². The molecular weight excluding hydrogens is 364 g/mol. The standard InChI is InChI=1S/C23H26N4O2/c28-21-11-19(12-24-14-21)23(29)25-13-20-16-27(15-17-7-3-1-4-8-17)26-22(20)18-9-5-2-6-10-18/h1-10,16,19,21,24,28H,11-15H2,(H,25,29). The van der Waals surface area contributed by atoms with Crippen molar-refractivity contribution in [1.29, 1.82) is 0 Å². The molecule has 1 aliphatic heterocycles. The summed E-state index contributed by atoms with van der Waals surface area (Å²) in [5.74, 6) is -0.246. The zero-order chi connectivity index (χ0) is 20.1. The van der Waals surface area contributed by atoms with Crippen LogP contribution in [0, 0.1) is 5.92 Å². The minimum absolute atomic E-state index is 0.0360. The zero-order valence-electron chi connectivity index (χ0n) is 16.3. The van der Waals surface area contributed by atoms with Gasteiger partial charge in [-0.2, -0.15) is 5.10 Å². The Bertz CT molecular complexity index is 940. The van der Waals surface area contributed by atoms with E-state index in [0.717, 1.165) is 16.8 Å². The molecule has 3 aromatic rings. The molecule has 1 saturated heterocycles. The SMILES string of the molecule is O=C(NCc1cn(Cc2ccccc2)nc1-c1ccccc1)C1CNCC(O)C1. The zero-order valence-corrected chi connectivity index (χ0v) is 16.3. The van der Waals surface area contributed by atoms with Gasteiger partial charge >= 0.3 is 0 Å². The van der Waals surface area contributed by atoms with E-state index in [4.69, 9.17) is 5.10 Å².